The lowest BCUT2D eigenvalue weighted by molar-refractivity contribution is 0.188. The SMILES string of the molecule is Cc1oc2ccccc2c1C(O)c1ccco1. The second-order valence-corrected chi connectivity index (χ2v) is 3.99. The van der Waals surface area contributed by atoms with Crippen molar-refractivity contribution in [1.29, 1.82) is 0 Å². The zero-order chi connectivity index (χ0) is 11.8. The van der Waals surface area contributed by atoms with Crippen molar-refractivity contribution >= 4 is 11.0 Å². The Bertz CT molecular complexity index is 635. The van der Waals surface area contributed by atoms with E-state index in [1.54, 1.807) is 18.4 Å². The molecule has 1 unspecified atom stereocenters. The predicted molar refractivity (Wildman–Crippen MR) is 63.7 cm³/mol. The van der Waals surface area contributed by atoms with Crippen molar-refractivity contribution in [3.05, 3.63) is 59.7 Å². The van der Waals surface area contributed by atoms with Gasteiger partial charge in [0.05, 0.1) is 6.26 Å². The summed E-state index contributed by atoms with van der Waals surface area (Å²) in [6.45, 7) is 1.85. The molecule has 0 fully saturated rings. The van der Waals surface area contributed by atoms with Crippen LogP contribution >= 0.6 is 0 Å². The zero-order valence-corrected chi connectivity index (χ0v) is 9.38. The van der Waals surface area contributed by atoms with E-state index in [1.807, 2.05) is 31.2 Å². The van der Waals surface area contributed by atoms with E-state index in [0.29, 0.717) is 5.76 Å². The second kappa shape index (κ2) is 3.79. The fourth-order valence-electron chi connectivity index (χ4n) is 2.12. The van der Waals surface area contributed by atoms with E-state index < -0.39 is 6.10 Å². The maximum atomic E-state index is 10.3. The molecule has 0 saturated carbocycles. The van der Waals surface area contributed by atoms with Gasteiger partial charge in [-0.2, -0.15) is 0 Å². The molecule has 0 bridgehead atoms. The molecule has 1 aromatic carbocycles. The van der Waals surface area contributed by atoms with Crippen LogP contribution in [0.1, 0.15) is 23.2 Å². The van der Waals surface area contributed by atoms with Crippen molar-refractivity contribution in [2.24, 2.45) is 0 Å². The molecular weight excluding hydrogens is 216 g/mol. The van der Waals surface area contributed by atoms with Gasteiger partial charge in [-0.3, -0.25) is 0 Å². The van der Waals surface area contributed by atoms with Gasteiger partial charge in [0, 0.05) is 10.9 Å². The van der Waals surface area contributed by atoms with Gasteiger partial charge in [0.25, 0.3) is 0 Å². The first-order chi connectivity index (χ1) is 8.27. The number of hydrogen-bond donors (Lipinski definition) is 1. The van der Waals surface area contributed by atoms with Crippen LogP contribution in [0.5, 0.6) is 0 Å². The van der Waals surface area contributed by atoms with Crippen LogP contribution in [0.3, 0.4) is 0 Å². The van der Waals surface area contributed by atoms with Gasteiger partial charge < -0.3 is 13.9 Å². The lowest BCUT2D eigenvalue weighted by atomic mass is 10.0. The Morgan fingerprint density at radius 2 is 1.94 bits per heavy atom. The van der Waals surface area contributed by atoms with Gasteiger partial charge in [0.1, 0.15) is 23.2 Å². The molecule has 0 aliphatic rings. The Morgan fingerprint density at radius 1 is 1.12 bits per heavy atom. The van der Waals surface area contributed by atoms with E-state index in [2.05, 4.69) is 0 Å². The summed E-state index contributed by atoms with van der Waals surface area (Å²) in [6, 6.07) is 11.2. The van der Waals surface area contributed by atoms with E-state index >= 15 is 0 Å². The first-order valence-electron chi connectivity index (χ1n) is 5.47. The fourth-order valence-corrected chi connectivity index (χ4v) is 2.12. The Balaban J connectivity index is 2.20. The average Bonchev–Trinajstić information content (AvgIpc) is 2.94. The molecule has 0 radical (unpaired) electrons. The van der Waals surface area contributed by atoms with Gasteiger partial charge in [-0.05, 0) is 25.1 Å². The number of aryl methyl sites for hydroxylation is 1. The van der Waals surface area contributed by atoms with Crippen LogP contribution in [0.2, 0.25) is 0 Å². The highest BCUT2D eigenvalue weighted by molar-refractivity contribution is 5.82. The van der Waals surface area contributed by atoms with Gasteiger partial charge >= 0.3 is 0 Å². The zero-order valence-electron chi connectivity index (χ0n) is 9.38. The summed E-state index contributed by atoms with van der Waals surface area (Å²) in [7, 11) is 0. The summed E-state index contributed by atoms with van der Waals surface area (Å²) in [6.07, 6.45) is 0.768. The topological polar surface area (TPSA) is 46.5 Å². The number of furan rings is 2. The summed E-state index contributed by atoms with van der Waals surface area (Å²) >= 11 is 0. The molecule has 1 atom stereocenters. The third kappa shape index (κ3) is 1.56. The van der Waals surface area contributed by atoms with Crippen LogP contribution in [-0.4, -0.2) is 5.11 Å². The predicted octanol–water partition coefficient (Wildman–Crippen LogP) is 3.42. The third-order valence-electron chi connectivity index (χ3n) is 2.91. The van der Waals surface area contributed by atoms with Gasteiger partial charge in [-0.25, -0.2) is 0 Å². The third-order valence-corrected chi connectivity index (χ3v) is 2.91. The van der Waals surface area contributed by atoms with Gasteiger partial charge in [-0.15, -0.1) is 0 Å². The summed E-state index contributed by atoms with van der Waals surface area (Å²) < 4.78 is 10.8. The van der Waals surface area contributed by atoms with Gasteiger partial charge in [-0.1, -0.05) is 18.2 Å². The number of benzene rings is 1. The van der Waals surface area contributed by atoms with E-state index in [-0.39, 0.29) is 0 Å². The smallest absolute Gasteiger partial charge is 0.141 e. The molecule has 0 saturated heterocycles. The molecule has 0 amide bonds. The molecule has 0 aliphatic heterocycles. The second-order valence-electron chi connectivity index (χ2n) is 3.99. The molecule has 2 heterocycles. The minimum Gasteiger partial charge on any atom is -0.466 e. The van der Waals surface area contributed by atoms with Crippen molar-refractivity contribution in [2.45, 2.75) is 13.0 Å². The number of rotatable bonds is 2. The minimum atomic E-state index is -0.784. The minimum absolute atomic E-state index is 0.527. The summed E-state index contributed by atoms with van der Waals surface area (Å²) in [5.41, 5.74) is 1.56. The van der Waals surface area contributed by atoms with Crippen molar-refractivity contribution in [3.63, 3.8) is 0 Å². The van der Waals surface area contributed by atoms with E-state index in [0.717, 1.165) is 22.3 Å². The number of fused-ring (bicyclic) bond motifs is 1. The Kier molecular flexibility index (Phi) is 2.27. The Labute approximate surface area is 98.3 Å². The number of para-hydroxylation sites is 1. The normalized spacial score (nSPS) is 13.1. The van der Waals surface area contributed by atoms with Crippen molar-refractivity contribution in [3.8, 4) is 0 Å². The van der Waals surface area contributed by atoms with E-state index in [9.17, 15) is 5.11 Å². The van der Waals surface area contributed by atoms with Crippen molar-refractivity contribution in [2.75, 3.05) is 0 Å². The monoisotopic (exact) mass is 228 g/mol. The van der Waals surface area contributed by atoms with Crippen LogP contribution in [0.25, 0.3) is 11.0 Å². The van der Waals surface area contributed by atoms with Crippen LogP contribution in [-0.2, 0) is 0 Å². The van der Waals surface area contributed by atoms with Crippen molar-refractivity contribution in [1.82, 2.24) is 0 Å². The molecule has 86 valence electrons. The maximum absolute atomic E-state index is 10.3. The van der Waals surface area contributed by atoms with E-state index in [4.69, 9.17) is 8.83 Å². The molecule has 2 aromatic heterocycles. The number of aliphatic hydroxyl groups is 1. The standard InChI is InChI=1S/C14H12O3/c1-9-13(14(15)12-7-4-8-16-12)10-5-2-3-6-11(10)17-9/h2-8,14-15H,1H3. The molecule has 3 nitrogen and oxygen atoms in total. The van der Waals surface area contributed by atoms with E-state index in [1.165, 1.54) is 0 Å². The first kappa shape index (κ1) is 10.2. The van der Waals surface area contributed by atoms with Gasteiger partial charge in [0.2, 0.25) is 0 Å². The summed E-state index contributed by atoms with van der Waals surface area (Å²) in [5.74, 6) is 1.25. The molecule has 3 heteroatoms. The van der Waals surface area contributed by atoms with Crippen LogP contribution in [0.15, 0.2) is 51.5 Å². The van der Waals surface area contributed by atoms with Crippen molar-refractivity contribution < 1.29 is 13.9 Å². The summed E-state index contributed by atoms with van der Waals surface area (Å²) in [5, 5.41) is 11.2. The van der Waals surface area contributed by atoms with Crippen LogP contribution in [0, 0.1) is 6.92 Å². The highest BCUT2D eigenvalue weighted by atomic mass is 16.4. The average molecular weight is 228 g/mol. The molecule has 0 aliphatic carbocycles. The number of aliphatic hydroxyl groups excluding tert-OH is 1. The molecule has 3 aromatic rings. The number of hydrogen-bond acceptors (Lipinski definition) is 3. The Morgan fingerprint density at radius 3 is 2.71 bits per heavy atom. The molecule has 3 rings (SSSR count). The van der Waals surface area contributed by atoms with Crippen LogP contribution < -0.4 is 0 Å². The van der Waals surface area contributed by atoms with Crippen LogP contribution in [0.4, 0.5) is 0 Å². The maximum Gasteiger partial charge on any atom is 0.141 e. The fraction of sp³-hybridized carbons (Fsp3) is 0.143. The lowest BCUT2D eigenvalue weighted by Gasteiger charge is -2.06. The molecule has 1 N–H and O–H groups in total. The summed E-state index contributed by atoms with van der Waals surface area (Å²) in [4.78, 5) is 0. The molecular formula is C14H12O3. The molecule has 17 heavy (non-hydrogen) atoms. The quantitative estimate of drug-likeness (QED) is 0.731. The lowest BCUT2D eigenvalue weighted by Crippen LogP contribution is -1.98. The highest BCUT2D eigenvalue weighted by Crippen LogP contribution is 2.33. The highest BCUT2D eigenvalue weighted by Gasteiger charge is 2.21. The Hall–Kier alpha value is -2.00. The molecule has 0 spiro atoms. The largest absolute Gasteiger partial charge is 0.466 e. The first-order valence-corrected chi connectivity index (χ1v) is 5.47. The van der Waals surface area contributed by atoms with Gasteiger partial charge in [0.15, 0.2) is 0 Å².